The lowest BCUT2D eigenvalue weighted by Gasteiger charge is -2.16. The number of amides is 1. The predicted molar refractivity (Wildman–Crippen MR) is 122 cm³/mol. The molecule has 0 spiro atoms. The molecular weight excluding hydrogens is 498 g/mol. The number of benzene rings is 1. The van der Waals surface area contributed by atoms with Gasteiger partial charge in [-0.1, -0.05) is 22.0 Å². The van der Waals surface area contributed by atoms with Gasteiger partial charge in [-0.25, -0.2) is 9.87 Å². The van der Waals surface area contributed by atoms with Crippen molar-refractivity contribution in [2.45, 2.75) is 26.3 Å². The van der Waals surface area contributed by atoms with Crippen molar-refractivity contribution in [1.82, 2.24) is 15.0 Å². The predicted octanol–water partition coefficient (Wildman–Crippen LogP) is 4.46. The number of halogens is 3. The first-order valence-corrected chi connectivity index (χ1v) is 11.1. The minimum absolute atomic E-state index is 0.0480. The molecule has 2 N–H and O–H groups in total. The molecule has 1 aliphatic carbocycles. The van der Waals surface area contributed by atoms with Crippen molar-refractivity contribution < 1.29 is 18.4 Å². The van der Waals surface area contributed by atoms with Crippen molar-refractivity contribution in [1.29, 1.82) is 0 Å². The van der Waals surface area contributed by atoms with E-state index in [2.05, 4.69) is 31.7 Å². The van der Waals surface area contributed by atoms with Crippen LogP contribution in [-0.2, 0) is 11.4 Å². The third kappa shape index (κ3) is 5.63. The highest BCUT2D eigenvalue weighted by molar-refractivity contribution is 9.10. The molecule has 1 amide bonds. The molecule has 33 heavy (non-hydrogen) atoms. The van der Waals surface area contributed by atoms with Crippen LogP contribution < -0.4 is 16.4 Å². The highest BCUT2D eigenvalue weighted by atomic mass is 79.9. The first kappa shape index (κ1) is 23.1. The zero-order chi connectivity index (χ0) is 23.5. The van der Waals surface area contributed by atoms with Crippen molar-refractivity contribution in [2.24, 2.45) is 5.92 Å². The lowest BCUT2D eigenvalue weighted by Crippen LogP contribution is -2.31. The van der Waals surface area contributed by atoms with Crippen LogP contribution in [0.5, 0.6) is 0 Å². The molecule has 0 atom stereocenters. The second kappa shape index (κ2) is 9.80. The molecule has 1 aliphatic rings. The number of hydrogen-bond acceptors (Lipinski definition) is 5. The van der Waals surface area contributed by atoms with Crippen LogP contribution in [0.2, 0.25) is 0 Å². The fourth-order valence-corrected chi connectivity index (χ4v) is 3.53. The van der Waals surface area contributed by atoms with Gasteiger partial charge in [-0.05, 0) is 56.0 Å². The number of hydrogen-bond donors (Lipinski definition) is 2. The Balaban J connectivity index is 1.71. The normalized spacial score (nSPS) is 13.1. The molecule has 0 radical (unpaired) electrons. The summed E-state index contributed by atoms with van der Waals surface area (Å²) in [7, 11) is 0. The number of anilines is 2. The molecule has 2 aromatic heterocycles. The van der Waals surface area contributed by atoms with Crippen molar-refractivity contribution in [3.63, 3.8) is 0 Å². The lowest BCUT2D eigenvalue weighted by atomic mass is 10.2. The maximum absolute atomic E-state index is 15.3. The summed E-state index contributed by atoms with van der Waals surface area (Å²) >= 11 is 3.15. The van der Waals surface area contributed by atoms with Gasteiger partial charge in [0.1, 0.15) is 5.82 Å². The molecule has 1 saturated carbocycles. The molecule has 7 nitrogen and oxygen atoms in total. The molecule has 2 heterocycles. The van der Waals surface area contributed by atoms with E-state index < -0.39 is 28.8 Å². The van der Waals surface area contributed by atoms with Crippen LogP contribution in [0, 0.1) is 24.5 Å². The van der Waals surface area contributed by atoms with Crippen LogP contribution in [0.15, 0.2) is 51.9 Å². The molecule has 4 rings (SSSR count). The van der Waals surface area contributed by atoms with Crippen molar-refractivity contribution in [3.8, 4) is 0 Å². The second-order valence-electron chi connectivity index (χ2n) is 7.87. The van der Waals surface area contributed by atoms with E-state index in [1.807, 2.05) is 0 Å². The number of nitrogens with one attached hydrogen (secondary N) is 2. The Hall–Kier alpha value is -3.11. The minimum Gasteiger partial charge on any atom is -0.350 e. The van der Waals surface area contributed by atoms with Crippen LogP contribution in [0.4, 0.5) is 20.2 Å². The summed E-state index contributed by atoms with van der Waals surface area (Å²) in [5.41, 5.74) is 1.82. The third-order valence-corrected chi connectivity index (χ3v) is 5.61. The van der Waals surface area contributed by atoms with Crippen LogP contribution >= 0.6 is 15.9 Å². The largest absolute Gasteiger partial charge is 0.350 e. The number of pyridine rings is 2. The number of nitrogens with zero attached hydrogens (tertiary/aromatic N) is 2. The lowest BCUT2D eigenvalue weighted by molar-refractivity contribution is 0.0270. The van der Waals surface area contributed by atoms with Crippen molar-refractivity contribution in [3.05, 3.63) is 86.0 Å². The first-order valence-electron chi connectivity index (χ1n) is 10.3. The number of aromatic nitrogens is 2. The zero-order valence-electron chi connectivity index (χ0n) is 17.7. The van der Waals surface area contributed by atoms with E-state index in [0.717, 1.165) is 23.1 Å². The van der Waals surface area contributed by atoms with E-state index in [1.54, 1.807) is 31.2 Å². The fraction of sp³-hybridized carbons (Fsp3) is 0.261. The number of carbonyl (C=O) groups excluding carboxylic acids is 1. The first-order chi connectivity index (χ1) is 15.8. The minimum atomic E-state index is -1.22. The van der Waals surface area contributed by atoms with E-state index >= 15 is 4.39 Å². The average molecular weight is 519 g/mol. The van der Waals surface area contributed by atoms with Crippen LogP contribution in [-0.4, -0.2) is 22.1 Å². The molecule has 0 unspecified atom stereocenters. The third-order valence-electron chi connectivity index (χ3n) is 5.12. The van der Waals surface area contributed by atoms with Gasteiger partial charge in [-0.2, -0.15) is 4.39 Å². The van der Waals surface area contributed by atoms with Gasteiger partial charge in [0.25, 0.3) is 11.5 Å². The summed E-state index contributed by atoms with van der Waals surface area (Å²) in [6.07, 6.45) is 3.26. The fourth-order valence-electron chi connectivity index (χ4n) is 3.19. The van der Waals surface area contributed by atoms with Gasteiger partial charge in [0.2, 0.25) is 5.82 Å². The molecule has 172 valence electrons. The average Bonchev–Trinajstić information content (AvgIpc) is 3.59. The smallest absolute Gasteiger partial charge is 0.289 e. The van der Waals surface area contributed by atoms with Crippen LogP contribution in [0.25, 0.3) is 0 Å². The summed E-state index contributed by atoms with van der Waals surface area (Å²) in [6.45, 7) is 2.08. The van der Waals surface area contributed by atoms with E-state index in [0.29, 0.717) is 22.7 Å². The topological polar surface area (TPSA) is 85.3 Å². The number of hydroxylamine groups is 1. The zero-order valence-corrected chi connectivity index (χ0v) is 19.3. The Morgan fingerprint density at radius 1 is 1.27 bits per heavy atom. The van der Waals surface area contributed by atoms with Gasteiger partial charge < -0.3 is 9.88 Å². The summed E-state index contributed by atoms with van der Waals surface area (Å²) in [5.74, 6) is -2.29. The van der Waals surface area contributed by atoms with Crippen LogP contribution in [0.1, 0.15) is 34.6 Å². The van der Waals surface area contributed by atoms with Crippen molar-refractivity contribution in [2.75, 3.05) is 11.9 Å². The molecule has 0 saturated heterocycles. The van der Waals surface area contributed by atoms with E-state index in [9.17, 15) is 14.0 Å². The highest BCUT2D eigenvalue weighted by Crippen LogP contribution is 2.29. The summed E-state index contributed by atoms with van der Waals surface area (Å²) in [4.78, 5) is 35.1. The number of aryl methyl sites for hydroxylation is 1. The van der Waals surface area contributed by atoms with E-state index in [-0.39, 0.29) is 17.8 Å². The van der Waals surface area contributed by atoms with Crippen LogP contribution in [0.3, 0.4) is 0 Å². The van der Waals surface area contributed by atoms with Gasteiger partial charge in [0.15, 0.2) is 0 Å². The summed E-state index contributed by atoms with van der Waals surface area (Å²) < 4.78 is 31.2. The van der Waals surface area contributed by atoms with Crippen molar-refractivity contribution >= 4 is 33.2 Å². The maximum Gasteiger partial charge on any atom is 0.289 e. The molecule has 1 aromatic carbocycles. The molecule has 0 bridgehead atoms. The Morgan fingerprint density at radius 3 is 2.76 bits per heavy atom. The molecule has 10 heteroatoms. The van der Waals surface area contributed by atoms with Gasteiger partial charge in [0.05, 0.1) is 35.8 Å². The molecule has 3 aromatic rings. The van der Waals surface area contributed by atoms with E-state index in [1.165, 1.54) is 18.3 Å². The Bertz CT molecular complexity index is 1260. The SMILES string of the molecule is Cc1cccc(Cn2cc(C(=O)NOCC3CC3)c(Nc3ccc(Br)cc3F)c(F)c2=O)n1. The Morgan fingerprint density at radius 2 is 2.06 bits per heavy atom. The number of rotatable bonds is 8. The standard InChI is InChI=1S/C23H21BrF2N4O3/c1-13-3-2-4-16(27-13)10-30-11-17(22(31)29-33-12-14-5-6-14)21(20(26)23(30)32)28-19-8-7-15(24)9-18(19)25/h2-4,7-9,11,14,28H,5-6,10,12H2,1H3,(H,29,31). The van der Waals surface area contributed by atoms with E-state index in [4.69, 9.17) is 4.84 Å². The van der Waals surface area contributed by atoms with Gasteiger partial charge in [-0.15, -0.1) is 0 Å². The summed E-state index contributed by atoms with van der Waals surface area (Å²) in [6, 6.07) is 9.36. The summed E-state index contributed by atoms with van der Waals surface area (Å²) in [5, 5.41) is 2.55. The van der Waals surface area contributed by atoms with Gasteiger partial charge >= 0.3 is 0 Å². The monoisotopic (exact) mass is 518 g/mol. The second-order valence-corrected chi connectivity index (χ2v) is 8.79. The Kier molecular flexibility index (Phi) is 6.85. The molecular formula is C23H21BrF2N4O3. The van der Waals surface area contributed by atoms with Gasteiger partial charge in [0, 0.05) is 16.4 Å². The van der Waals surface area contributed by atoms with Gasteiger partial charge in [-0.3, -0.25) is 19.4 Å². The maximum atomic E-state index is 15.3. The number of carbonyl (C=O) groups is 1. The Labute approximate surface area is 196 Å². The molecule has 0 aliphatic heterocycles. The quantitative estimate of drug-likeness (QED) is 0.430. The highest BCUT2D eigenvalue weighted by Gasteiger charge is 2.25. The molecule has 1 fully saturated rings.